The van der Waals surface area contributed by atoms with Crippen LogP contribution in [0.5, 0.6) is 5.75 Å². The molecule has 0 bridgehead atoms. The number of hydrogen-bond donors (Lipinski definition) is 1. The lowest BCUT2D eigenvalue weighted by molar-refractivity contribution is 0.122. The number of hydrogen-bond acceptors (Lipinski definition) is 4. The molecular weight excluding hydrogens is 432 g/mol. The van der Waals surface area contributed by atoms with Gasteiger partial charge in [-0.05, 0) is 80.9 Å². The SMILES string of the molecule is COc1cccc(S(=O)(=O)N[C@@H]2CCC[C@H]2N2CCC(Cc3ccc(Cl)cc3)CC2)c1. The van der Waals surface area contributed by atoms with Crippen molar-refractivity contribution >= 4 is 21.6 Å². The van der Waals surface area contributed by atoms with Gasteiger partial charge < -0.3 is 4.74 Å². The van der Waals surface area contributed by atoms with Crippen LogP contribution in [-0.2, 0) is 16.4 Å². The molecule has 1 saturated carbocycles. The largest absolute Gasteiger partial charge is 0.497 e. The molecule has 1 heterocycles. The molecule has 0 amide bonds. The Bertz CT molecular complexity index is 973. The lowest BCUT2D eigenvalue weighted by Gasteiger charge is -2.38. The molecule has 2 aromatic rings. The fourth-order valence-corrected chi connectivity index (χ4v) is 6.46. The zero-order valence-corrected chi connectivity index (χ0v) is 19.5. The van der Waals surface area contributed by atoms with Gasteiger partial charge in [-0.3, -0.25) is 4.90 Å². The Hall–Kier alpha value is -1.60. The zero-order chi connectivity index (χ0) is 21.8. The number of piperidine rings is 1. The molecule has 7 heteroatoms. The molecule has 168 valence electrons. The standard InChI is InChI=1S/C24H31ClN2O3S/c1-30-21-4-2-5-22(17-21)31(28,29)26-23-6-3-7-24(23)27-14-12-19(13-15-27)16-18-8-10-20(25)11-9-18/h2,4-5,8-11,17,19,23-24,26H,3,6-7,12-16H2,1H3/t23-,24-/m1/s1. The Morgan fingerprint density at radius 1 is 1.06 bits per heavy atom. The summed E-state index contributed by atoms with van der Waals surface area (Å²) in [5, 5.41) is 0.780. The number of benzene rings is 2. The monoisotopic (exact) mass is 462 g/mol. The topological polar surface area (TPSA) is 58.6 Å². The van der Waals surface area contributed by atoms with Gasteiger partial charge in [-0.1, -0.05) is 36.2 Å². The molecule has 1 N–H and O–H groups in total. The van der Waals surface area contributed by atoms with E-state index < -0.39 is 10.0 Å². The van der Waals surface area contributed by atoms with Crippen LogP contribution in [0, 0.1) is 5.92 Å². The smallest absolute Gasteiger partial charge is 0.241 e. The van der Waals surface area contributed by atoms with Gasteiger partial charge in [0, 0.05) is 23.2 Å². The van der Waals surface area contributed by atoms with Crippen molar-refractivity contribution in [2.24, 2.45) is 5.92 Å². The van der Waals surface area contributed by atoms with E-state index in [1.807, 2.05) is 12.1 Å². The summed E-state index contributed by atoms with van der Waals surface area (Å²) in [6.07, 6.45) is 6.37. The minimum Gasteiger partial charge on any atom is -0.497 e. The third-order valence-corrected chi connectivity index (χ3v) is 8.43. The molecule has 2 fully saturated rings. The maximum Gasteiger partial charge on any atom is 0.241 e. The molecule has 5 nitrogen and oxygen atoms in total. The highest BCUT2D eigenvalue weighted by Gasteiger charge is 2.36. The molecule has 0 aromatic heterocycles. The van der Waals surface area contributed by atoms with E-state index in [0.717, 1.165) is 56.6 Å². The van der Waals surface area contributed by atoms with Crippen LogP contribution < -0.4 is 9.46 Å². The first-order valence-corrected chi connectivity index (χ1v) is 13.0. The number of likely N-dealkylation sites (tertiary alicyclic amines) is 1. The average molecular weight is 463 g/mol. The first-order chi connectivity index (χ1) is 14.9. The van der Waals surface area contributed by atoms with Crippen molar-refractivity contribution in [3.05, 3.63) is 59.1 Å². The molecule has 1 saturated heterocycles. The van der Waals surface area contributed by atoms with Gasteiger partial charge in [0.05, 0.1) is 12.0 Å². The molecular formula is C24H31ClN2O3S. The summed E-state index contributed by atoms with van der Waals surface area (Å²) in [6.45, 7) is 2.06. The molecule has 31 heavy (non-hydrogen) atoms. The Balaban J connectivity index is 1.35. The van der Waals surface area contributed by atoms with Gasteiger partial charge in [-0.15, -0.1) is 0 Å². The number of nitrogens with one attached hydrogen (secondary N) is 1. The molecule has 2 atom stereocenters. The molecule has 2 aliphatic rings. The summed E-state index contributed by atoms with van der Waals surface area (Å²) in [4.78, 5) is 2.77. The summed E-state index contributed by atoms with van der Waals surface area (Å²) in [7, 11) is -2.03. The predicted octanol–water partition coefficient (Wildman–Crippen LogP) is 4.50. The van der Waals surface area contributed by atoms with Crippen LogP contribution in [0.2, 0.25) is 5.02 Å². The molecule has 0 spiro atoms. The van der Waals surface area contributed by atoms with E-state index in [-0.39, 0.29) is 17.0 Å². The highest BCUT2D eigenvalue weighted by molar-refractivity contribution is 7.89. The zero-order valence-electron chi connectivity index (χ0n) is 18.0. The molecule has 1 aliphatic carbocycles. The van der Waals surface area contributed by atoms with Gasteiger partial charge in [0.1, 0.15) is 5.75 Å². The average Bonchev–Trinajstić information content (AvgIpc) is 3.23. The van der Waals surface area contributed by atoms with Crippen molar-refractivity contribution in [3.63, 3.8) is 0 Å². The minimum absolute atomic E-state index is 0.0379. The maximum atomic E-state index is 13.0. The van der Waals surface area contributed by atoms with Crippen molar-refractivity contribution in [1.29, 1.82) is 0 Å². The van der Waals surface area contributed by atoms with Crippen molar-refractivity contribution in [1.82, 2.24) is 9.62 Å². The number of halogens is 1. The minimum atomic E-state index is -3.57. The molecule has 1 aliphatic heterocycles. The molecule has 4 rings (SSSR count). The van der Waals surface area contributed by atoms with Crippen LogP contribution in [0.1, 0.15) is 37.7 Å². The van der Waals surface area contributed by atoms with Gasteiger partial charge in [0.2, 0.25) is 10.0 Å². The molecule has 2 aromatic carbocycles. The molecule has 0 unspecified atom stereocenters. The van der Waals surface area contributed by atoms with Gasteiger partial charge in [0.15, 0.2) is 0 Å². The first-order valence-electron chi connectivity index (χ1n) is 11.1. The quantitative estimate of drug-likeness (QED) is 0.658. The summed E-state index contributed by atoms with van der Waals surface area (Å²) in [5.74, 6) is 1.22. The van der Waals surface area contributed by atoms with E-state index in [2.05, 4.69) is 21.8 Å². The van der Waals surface area contributed by atoms with Gasteiger partial charge in [0.25, 0.3) is 0 Å². The van der Waals surface area contributed by atoms with Crippen molar-refractivity contribution in [2.75, 3.05) is 20.2 Å². The lowest BCUT2D eigenvalue weighted by Crippen LogP contribution is -2.51. The lowest BCUT2D eigenvalue weighted by atomic mass is 9.89. The molecule has 0 radical (unpaired) electrons. The van der Waals surface area contributed by atoms with E-state index in [1.165, 1.54) is 5.56 Å². The highest BCUT2D eigenvalue weighted by atomic mass is 35.5. The van der Waals surface area contributed by atoms with Crippen LogP contribution >= 0.6 is 11.6 Å². The van der Waals surface area contributed by atoms with E-state index in [0.29, 0.717) is 11.7 Å². The normalized spacial score (nSPS) is 23.2. The van der Waals surface area contributed by atoms with E-state index in [4.69, 9.17) is 16.3 Å². The fraction of sp³-hybridized carbons (Fsp3) is 0.500. The van der Waals surface area contributed by atoms with E-state index in [9.17, 15) is 8.42 Å². The Kier molecular flexibility index (Phi) is 7.22. The van der Waals surface area contributed by atoms with Gasteiger partial charge in [-0.2, -0.15) is 0 Å². The highest BCUT2D eigenvalue weighted by Crippen LogP contribution is 2.31. The number of sulfonamides is 1. The van der Waals surface area contributed by atoms with Crippen LogP contribution in [0.25, 0.3) is 0 Å². The van der Waals surface area contributed by atoms with Crippen molar-refractivity contribution < 1.29 is 13.2 Å². The summed E-state index contributed by atoms with van der Waals surface area (Å²) < 4.78 is 34.1. The second-order valence-electron chi connectivity index (χ2n) is 8.71. The van der Waals surface area contributed by atoms with Crippen molar-refractivity contribution in [3.8, 4) is 5.75 Å². The predicted molar refractivity (Wildman–Crippen MR) is 124 cm³/mol. The number of ether oxygens (including phenoxy) is 1. The summed E-state index contributed by atoms with van der Waals surface area (Å²) >= 11 is 6.00. The first kappa shape index (κ1) is 22.6. The Morgan fingerprint density at radius 2 is 1.81 bits per heavy atom. The van der Waals surface area contributed by atoms with E-state index >= 15 is 0 Å². The summed E-state index contributed by atoms with van der Waals surface area (Å²) in [6, 6.07) is 15.1. The number of methoxy groups -OCH3 is 1. The Labute approximate surface area is 190 Å². The Morgan fingerprint density at radius 3 is 2.52 bits per heavy atom. The third-order valence-electron chi connectivity index (χ3n) is 6.69. The van der Waals surface area contributed by atoms with E-state index in [1.54, 1.807) is 31.4 Å². The van der Waals surface area contributed by atoms with Crippen LogP contribution in [0.15, 0.2) is 53.4 Å². The van der Waals surface area contributed by atoms with Crippen molar-refractivity contribution in [2.45, 2.75) is 55.5 Å². The number of rotatable bonds is 7. The second-order valence-corrected chi connectivity index (χ2v) is 10.9. The number of nitrogens with zero attached hydrogens (tertiary/aromatic N) is 1. The van der Waals surface area contributed by atoms with Crippen LogP contribution in [0.4, 0.5) is 0 Å². The summed E-state index contributed by atoms with van der Waals surface area (Å²) in [5.41, 5.74) is 1.34. The van der Waals surface area contributed by atoms with Gasteiger partial charge >= 0.3 is 0 Å². The fourth-order valence-electron chi connectivity index (χ4n) is 4.99. The third kappa shape index (κ3) is 5.61. The van der Waals surface area contributed by atoms with Crippen LogP contribution in [-0.4, -0.2) is 45.6 Å². The maximum absolute atomic E-state index is 13.0. The second kappa shape index (κ2) is 9.90. The van der Waals surface area contributed by atoms with Gasteiger partial charge in [-0.25, -0.2) is 13.1 Å². The van der Waals surface area contributed by atoms with Crippen LogP contribution in [0.3, 0.4) is 0 Å².